The van der Waals surface area contributed by atoms with Gasteiger partial charge in [-0.2, -0.15) is 0 Å². The first-order valence-corrected chi connectivity index (χ1v) is 10.8. The Balaban J connectivity index is 1.68. The summed E-state index contributed by atoms with van der Waals surface area (Å²) in [6.45, 7) is 1.62. The Bertz CT molecular complexity index is 883. The third kappa shape index (κ3) is 8.42. The van der Waals surface area contributed by atoms with Gasteiger partial charge in [-0.15, -0.1) is 0 Å². The van der Waals surface area contributed by atoms with Gasteiger partial charge in [0.2, 0.25) is 0 Å². The first-order chi connectivity index (χ1) is 13.7. The van der Waals surface area contributed by atoms with Gasteiger partial charge in [0.1, 0.15) is 11.5 Å². The van der Waals surface area contributed by atoms with Gasteiger partial charge in [-0.1, -0.05) is 55.1 Å². The van der Waals surface area contributed by atoms with E-state index < -0.39 is 0 Å². The van der Waals surface area contributed by atoms with Gasteiger partial charge in [0.15, 0.2) is 13.2 Å². The Morgan fingerprint density at radius 1 is 0.931 bits per heavy atom. The van der Waals surface area contributed by atoms with Crippen LogP contribution in [0.15, 0.2) is 45.3 Å². The van der Waals surface area contributed by atoms with Gasteiger partial charge in [0.25, 0.3) is 11.8 Å². The van der Waals surface area contributed by atoms with Crippen molar-refractivity contribution in [2.24, 2.45) is 0 Å². The summed E-state index contributed by atoms with van der Waals surface area (Å²) in [5, 5.41) is 6.21. The summed E-state index contributed by atoms with van der Waals surface area (Å²) in [5.74, 6) is 0.163. The minimum absolute atomic E-state index is 0.187. The maximum absolute atomic E-state index is 12.0. The van der Waals surface area contributed by atoms with Crippen molar-refractivity contribution in [1.82, 2.24) is 10.6 Å². The van der Waals surface area contributed by atoms with Gasteiger partial charge >= 0.3 is 0 Å². The highest BCUT2D eigenvalue weighted by Crippen LogP contribution is 2.28. The van der Waals surface area contributed by atoms with Crippen LogP contribution in [0.25, 0.3) is 0 Å². The van der Waals surface area contributed by atoms with Gasteiger partial charge in [0, 0.05) is 21.5 Å². The second-order valence-electron chi connectivity index (χ2n) is 6.00. The number of benzene rings is 2. The van der Waals surface area contributed by atoms with Gasteiger partial charge in [-0.3, -0.25) is 9.59 Å². The molecule has 156 valence electrons. The zero-order chi connectivity index (χ0) is 21.4. The predicted octanol–water partition coefficient (Wildman–Crippen LogP) is 4.60. The Labute approximate surface area is 195 Å². The SMILES string of the molecule is C[C@@H](CNC(=O)COc1ccc(Br)cc1Cl)NC(=O)COc1ccc(Br)cc1Cl. The zero-order valence-corrected chi connectivity index (χ0v) is 20.0. The average molecular weight is 569 g/mol. The van der Waals surface area contributed by atoms with Crippen LogP contribution in [0, 0.1) is 0 Å². The molecule has 0 aliphatic rings. The molecule has 0 aromatic heterocycles. The van der Waals surface area contributed by atoms with Crippen LogP contribution in [-0.2, 0) is 9.59 Å². The second-order valence-corrected chi connectivity index (χ2v) is 8.65. The van der Waals surface area contributed by atoms with Crippen LogP contribution in [-0.4, -0.2) is 37.6 Å². The molecule has 2 N–H and O–H groups in total. The molecule has 0 heterocycles. The van der Waals surface area contributed by atoms with E-state index in [9.17, 15) is 9.59 Å². The van der Waals surface area contributed by atoms with Crippen LogP contribution < -0.4 is 20.1 Å². The van der Waals surface area contributed by atoms with E-state index in [-0.39, 0.29) is 37.6 Å². The maximum Gasteiger partial charge on any atom is 0.258 e. The molecule has 0 bridgehead atoms. The van der Waals surface area contributed by atoms with Gasteiger partial charge in [0.05, 0.1) is 10.0 Å². The smallest absolute Gasteiger partial charge is 0.258 e. The van der Waals surface area contributed by atoms with Crippen molar-refractivity contribution in [1.29, 1.82) is 0 Å². The summed E-state index contributed by atoms with van der Waals surface area (Å²) < 4.78 is 12.4. The van der Waals surface area contributed by atoms with E-state index in [4.69, 9.17) is 32.7 Å². The largest absolute Gasteiger partial charge is 0.482 e. The maximum atomic E-state index is 12.0. The van der Waals surface area contributed by atoms with E-state index in [1.165, 1.54) is 0 Å². The highest BCUT2D eigenvalue weighted by molar-refractivity contribution is 9.10. The molecule has 2 aromatic carbocycles. The standard InChI is InChI=1S/C19H18Br2Cl2N2O4/c1-11(25-19(27)10-29-17-5-3-13(21)7-15(17)23)8-24-18(26)9-28-16-4-2-12(20)6-14(16)22/h2-7,11H,8-10H2,1H3,(H,24,26)(H,25,27)/t11-/m0/s1. The van der Waals surface area contributed by atoms with Crippen molar-refractivity contribution >= 4 is 66.9 Å². The molecule has 2 rings (SSSR count). The average Bonchev–Trinajstić information content (AvgIpc) is 2.65. The molecule has 6 nitrogen and oxygen atoms in total. The first kappa shape index (κ1) is 23.8. The lowest BCUT2D eigenvalue weighted by atomic mass is 10.3. The number of hydrogen-bond acceptors (Lipinski definition) is 4. The Morgan fingerprint density at radius 3 is 1.90 bits per heavy atom. The van der Waals surface area contributed by atoms with E-state index in [1.807, 2.05) is 0 Å². The van der Waals surface area contributed by atoms with Crippen LogP contribution in [0.1, 0.15) is 6.92 Å². The Kier molecular flexibility index (Phi) is 9.55. The Hall–Kier alpha value is -1.48. The van der Waals surface area contributed by atoms with Gasteiger partial charge in [-0.05, 0) is 43.3 Å². The second kappa shape index (κ2) is 11.6. The van der Waals surface area contributed by atoms with E-state index in [0.29, 0.717) is 21.5 Å². The number of amides is 2. The lowest BCUT2D eigenvalue weighted by molar-refractivity contribution is -0.125. The minimum atomic E-state index is -0.331. The third-order valence-electron chi connectivity index (χ3n) is 3.52. The molecule has 1 atom stereocenters. The number of carbonyl (C=O) groups is 2. The van der Waals surface area contributed by atoms with E-state index in [1.54, 1.807) is 43.3 Å². The molecule has 2 aromatic rings. The minimum Gasteiger partial charge on any atom is -0.482 e. The molecule has 0 fully saturated rings. The molecule has 0 saturated carbocycles. The highest BCUT2D eigenvalue weighted by atomic mass is 79.9. The monoisotopic (exact) mass is 566 g/mol. The molecule has 0 unspecified atom stereocenters. The summed E-state index contributed by atoms with van der Waals surface area (Å²) in [6, 6.07) is 9.92. The number of carbonyl (C=O) groups excluding carboxylic acids is 2. The van der Waals surface area contributed by atoms with Crippen LogP contribution in [0.5, 0.6) is 11.5 Å². The number of rotatable bonds is 9. The quantitative estimate of drug-likeness (QED) is 0.464. The molecule has 29 heavy (non-hydrogen) atoms. The van der Waals surface area contributed by atoms with Crippen molar-refractivity contribution < 1.29 is 19.1 Å². The summed E-state index contributed by atoms with van der Waals surface area (Å²) in [5.41, 5.74) is 0. The van der Waals surface area contributed by atoms with Gasteiger partial charge < -0.3 is 20.1 Å². The van der Waals surface area contributed by atoms with Crippen molar-refractivity contribution in [2.45, 2.75) is 13.0 Å². The van der Waals surface area contributed by atoms with Gasteiger partial charge in [-0.25, -0.2) is 0 Å². The summed E-state index contributed by atoms with van der Waals surface area (Å²) in [7, 11) is 0. The fraction of sp³-hybridized carbons (Fsp3) is 0.263. The lowest BCUT2D eigenvalue weighted by Gasteiger charge is -2.16. The lowest BCUT2D eigenvalue weighted by Crippen LogP contribution is -2.44. The fourth-order valence-electron chi connectivity index (χ4n) is 2.16. The first-order valence-electron chi connectivity index (χ1n) is 8.46. The summed E-state index contributed by atoms with van der Waals surface area (Å²) in [4.78, 5) is 23.9. The van der Waals surface area contributed by atoms with Crippen LogP contribution in [0.4, 0.5) is 0 Å². The van der Waals surface area contributed by atoms with Crippen molar-refractivity contribution in [2.75, 3.05) is 19.8 Å². The molecule has 0 saturated heterocycles. The number of halogens is 4. The van der Waals surface area contributed by atoms with E-state index in [2.05, 4.69) is 42.5 Å². The number of hydrogen-bond donors (Lipinski definition) is 2. The van der Waals surface area contributed by atoms with E-state index in [0.717, 1.165) is 8.95 Å². The molecular formula is C19H18Br2Cl2N2O4. The molecule has 0 aliphatic carbocycles. The van der Waals surface area contributed by atoms with Crippen LogP contribution >= 0.6 is 55.1 Å². The molecule has 0 aliphatic heterocycles. The highest BCUT2D eigenvalue weighted by Gasteiger charge is 2.12. The fourth-order valence-corrected chi connectivity index (χ4v) is 3.61. The topological polar surface area (TPSA) is 76.7 Å². The Morgan fingerprint density at radius 2 is 1.41 bits per heavy atom. The molecule has 2 amide bonds. The predicted molar refractivity (Wildman–Crippen MR) is 120 cm³/mol. The number of nitrogens with one attached hydrogen (secondary N) is 2. The van der Waals surface area contributed by atoms with E-state index >= 15 is 0 Å². The normalized spacial score (nSPS) is 11.5. The molecular weight excluding hydrogens is 551 g/mol. The van der Waals surface area contributed by atoms with Crippen LogP contribution in [0.2, 0.25) is 10.0 Å². The molecule has 0 spiro atoms. The van der Waals surface area contributed by atoms with Crippen LogP contribution in [0.3, 0.4) is 0 Å². The summed E-state index contributed by atoms with van der Waals surface area (Å²) >= 11 is 18.7. The van der Waals surface area contributed by atoms with Crippen molar-refractivity contribution in [3.8, 4) is 11.5 Å². The molecule has 0 radical (unpaired) electrons. The van der Waals surface area contributed by atoms with Crippen molar-refractivity contribution in [3.63, 3.8) is 0 Å². The summed E-state index contributed by atoms with van der Waals surface area (Å²) in [6.07, 6.45) is 0. The molecule has 10 heteroatoms. The number of ether oxygens (including phenoxy) is 2. The third-order valence-corrected chi connectivity index (χ3v) is 5.10. The van der Waals surface area contributed by atoms with Crippen molar-refractivity contribution in [3.05, 3.63) is 55.4 Å². The zero-order valence-electron chi connectivity index (χ0n) is 15.3.